The van der Waals surface area contributed by atoms with Crippen molar-refractivity contribution in [2.45, 2.75) is 25.2 Å². The Morgan fingerprint density at radius 1 is 0.905 bits per heavy atom. The molecule has 210 valence electrons. The van der Waals surface area contributed by atoms with Crippen LogP contribution in [-0.4, -0.2) is 26.3 Å². The minimum Gasteiger partial charge on any atom is -0.493 e. The van der Waals surface area contributed by atoms with Crippen LogP contribution in [0.4, 0.5) is 0 Å². The summed E-state index contributed by atoms with van der Waals surface area (Å²) in [4.78, 5) is 26.2. The van der Waals surface area contributed by atoms with Crippen LogP contribution in [0.3, 0.4) is 0 Å². The first kappa shape index (κ1) is 25.9. The standard InChI is InChI=1S/C35H28O7/c1-38-29-11-8-23(18-31(29)40-15-13-21-7-10-28-24(17-21)14-16-39-28)26-19-32(36)42-30-12-9-25-34(37)27(20-41-35(25)33(26)30)22-5-3-2-4-6-22/h2-12,17-18,20,26H,13-16,19H2,1H3/t26-/m0/s1. The average molecular weight is 561 g/mol. The summed E-state index contributed by atoms with van der Waals surface area (Å²) >= 11 is 0. The van der Waals surface area contributed by atoms with Crippen LogP contribution in [0.1, 0.15) is 34.6 Å². The molecule has 1 atom stereocenters. The summed E-state index contributed by atoms with van der Waals surface area (Å²) in [5.41, 5.74) is 5.43. The van der Waals surface area contributed by atoms with Gasteiger partial charge >= 0.3 is 5.97 Å². The number of carbonyl (C=O) groups is 1. The Hall–Kier alpha value is -5.04. The van der Waals surface area contributed by atoms with Crippen molar-refractivity contribution in [3.05, 3.63) is 118 Å². The van der Waals surface area contributed by atoms with Crippen LogP contribution in [0.2, 0.25) is 0 Å². The topological polar surface area (TPSA) is 84.2 Å². The number of ether oxygens (including phenoxy) is 4. The third-order valence-electron chi connectivity index (χ3n) is 7.96. The fourth-order valence-electron chi connectivity index (χ4n) is 5.85. The maximum atomic E-state index is 13.5. The van der Waals surface area contributed by atoms with E-state index in [4.69, 9.17) is 23.4 Å². The highest BCUT2D eigenvalue weighted by molar-refractivity contribution is 5.90. The molecular weight excluding hydrogens is 532 g/mol. The predicted molar refractivity (Wildman–Crippen MR) is 158 cm³/mol. The van der Waals surface area contributed by atoms with E-state index in [1.807, 2.05) is 54.6 Å². The number of hydrogen-bond donors (Lipinski definition) is 0. The Labute approximate surface area is 242 Å². The Morgan fingerprint density at radius 2 is 1.76 bits per heavy atom. The fourth-order valence-corrected chi connectivity index (χ4v) is 5.85. The van der Waals surface area contributed by atoms with Crippen molar-refractivity contribution in [2.75, 3.05) is 20.3 Å². The highest BCUT2D eigenvalue weighted by Gasteiger charge is 2.33. The first-order valence-corrected chi connectivity index (χ1v) is 14.0. The van der Waals surface area contributed by atoms with Crippen LogP contribution in [0.5, 0.6) is 23.0 Å². The van der Waals surface area contributed by atoms with E-state index in [2.05, 4.69) is 12.1 Å². The van der Waals surface area contributed by atoms with Crippen molar-refractivity contribution in [3.63, 3.8) is 0 Å². The van der Waals surface area contributed by atoms with E-state index in [0.717, 1.165) is 36.3 Å². The van der Waals surface area contributed by atoms with Gasteiger partial charge in [0.15, 0.2) is 11.5 Å². The second-order valence-electron chi connectivity index (χ2n) is 10.5. The summed E-state index contributed by atoms with van der Waals surface area (Å²) in [6.07, 6.45) is 3.23. The van der Waals surface area contributed by atoms with Crippen molar-refractivity contribution in [1.82, 2.24) is 0 Å². The zero-order chi connectivity index (χ0) is 28.6. The largest absolute Gasteiger partial charge is 0.493 e. The summed E-state index contributed by atoms with van der Waals surface area (Å²) in [5.74, 6) is 1.76. The minimum absolute atomic E-state index is 0.0965. The molecule has 0 N–H and O–H groups in total. The lowest BCUT2D eigenvalue weighted by molar-refractivity contribution is -0.135. The number of esters is 1. The van der Waals surface area contributed by atoms with Gasteiger partial charge in [0, 0.05) is 24.3 Å². The number of carbonyl (C=O) groups excluding carboxylic acids is 1. The summed E-state index contributed by atoms with van der Waals surface area (Å²) in [6, 6.07) is 24.7. The summed E-state index contributed by atoms with van der Waals surface area (Å²) < 4.78 is 29.2. The molecule has 1 aromatic heterocycles. The Morgan fingerprint density at radius 3 is 2.62 bits per heavy atom. The van der Waals surface area contributed by atoms with Crippen molar-refractivity contribution < 1.29 is 28.2 Å². The third-order valence-corrected chi connectivity index (χ3v) is 7.96. The number of hydrogen-bond acceptors (Lipinski definition) is 7. The van der Waals surface area contributed by atoms with Crippen LogP contribution in [0, 0.1) is 0 Å². The molecule has 7 heteroatoms. The highest BCUT2D eigenvalue weighted by atomic mass is 16.5. The van der Waals surface area contributed by atoms with Crippen LogP contribution >= 0.6 is 0 Å². The van der Waals surface area contributed by atoms with Gasteiger partial charge in [-0.25, -0.2) is 0 Å². The maximum absolute atomic E-state index is 13.5. The number of benzene rings is 4. The van der Waals surface area contributed by atoms with Gasteiger partial charge in [-0.05, 0) is 52.6 Å². The second-order valence-corrected chi connectivity index (χ2v) is 10.5. The van der Waals surface area contributed by atoms with Gasteiger partial charge in [-0.3, -0.25) is 9.59 Å². The molecule has 3 heterocycles. The Kier molecular flexibility index (Phi) is 6.62. The molecule has 0 bridgehead atoms. The molecule has 0 spiro atoms. The van der Waals surface area contributed by atoms with E-state index in [1.165, 1.54) is 17.4 Å². The quantitative estimate of drug-likeness (QED) is 0.167. The third kappa shape index (κ3) is 4.67. The van der Waals surface area contributed by atoms with Gasteiger partial charge in [0.25, 0.3) is 0 Å². The molecule has 2 aliphatic heterocycles. The molecule has 0 fully saturated rings. The molecule has 42 heavy (non-hydrogen) atoms. The normalized spacial score (nSPS) is 15.5. The molecule has 0 aliphatic carbocycles. The maximum Gasteiger partial charge on any atom is 0.312 e. The summed E-state index contributed by atoms with van der Waals surface area (Å²) in [5, 5.41) is 0.433. The van der Waals surface area contributed by atoms with E-state index >= 15 is 0 Å². The van der Waals surface area contributed by atoms with Crippen molar-refractivity contribution in [1.29, 1.82) is 0 Å². The molecule has 0 saturated carbocycles. The van der Waals surface area contributed by atoms with Gasteiger partial charge in [0.1, 0.15) is 23.3 Å². The monoisotopic (exact) mass is 560 g/mol. The molecule has 2 aliphatic rings. The molecule has 7 rings (SSSR count). The lowest BCUT2D eigenvalue weighted by atomic mass is 9.85. The molecule has 0 radical (unpaired) electrons. The summed E-state index contributed by atoms with van der Waals surface area (Å²) in [7, 11) is 1.60. The van der Waals surface area contributed by atoms with E-state index in [-0.39, 0.29) is 17.8 Å². The Bertz CT molecular complexity index is 1870. The molecule has 0 amide bonds. The van der Waals surface area contributed by atoms with Gasteiger partial charge < -0.3 is 23.4 Å². The SMILES string of the molecule is COc1ccc([C@@H]2CC(=O)Oc3ccc4c(=O)c(-c5ccccc5)coc4c32)cc1OCCc1ccc2c(c1)CCO2. The van der Waals surface area contributed by atoms with E-state index in [1.54, 1.807) is 19.2 Å². The first-order valence-electron chi connectivity index (χ1n) is 14.0. The van der Waals surface area contributed by atoms with Gasteiger partial charge in [-0.15, -0.1) is 0 Å². The van der Waals surface area contributed by atoms with Crippen LogP contribution in [0.15, 0.2) is 94.3 Å². The lowest BCUT2D eigenvalue weighted by Crippen LogP contribution is -2.22. The van der Waals surface area contributed by atoms with Gasteiger partial charge in [-0.2, -0.15) is 0 Å². The fraction of sp³-hybridized carbons (Fsp3) is 0.200. The molecule has 4 aromatic carbocycles. The van der Waals surface area contributed by atoms with Crippen molar-refractivity contribution in [2.24, 2.45) is 0 Å². The van der Waals surface area contributed by atoms with E-state index < -0.39 is 5.92 Å². The predicted octanol–water partition coefficient (Wildman–Crippen LogP) is 6.47. The molecule has 7 nitrogen and oxygen atoms in total. The Balaban J connectivity index is 1.22. The molecule has 0 unspecified atom stereocenters. The average Bonchev–Trinajstić information content (AvgIpc) is 3.49. The zero-order valence-electron chi connectivity index (χ0n) is 23.1. The van der Waals surface area contributed by atoms with E-state index in [9.17, 15) is 9.59 Å². The number of rotatable bonds is 7. The minimum atomic E-state index is -0.402. The number of fused-ring (bicyclic) bond motifs is 4. The van der Waals surface area contributed by atoms with Crippen LogP contribution < -0.4 is 24.4 Å². The molecule has 5 aromatic rings. The van der Waals surface area contributed by atoms with Gasteiger partial charge in [0.05, 0.1) is 37.7 Å². The van der Waals surface area contributed by atoms with Crippen molar-refractivity contribution in [3.8, 4) is 34.1 Å². The first-order chi connectivity index (χ1) is 20.6. The molecule has 0 saturated heterocycles. The van der Waals surface area contributed by atoms with Crippen molar-refractivity contribution >= 4 is 16.9 Å². The summed E-state index contributed by atoms with van der Waals surface area (Å²) in [6.45, 7) is 1.17. The van der Waals surface area contributed by atoms with Crippen LogP contribution in [0.25, 0.3) is 22.1 Å². The number of methoxy groups -OCH3 is 1. The van der Waals surface area contributed by atoms with Gasteiger partial charge in [-0.1, -0.05) is 48.5 Å². The zero-order valence-corrected chi connectivity index (χ0v) is 23.1. The smallest absolute Gasteiger partial charge is 0.312 e. The van der Waals surface area contributed by atoms with Crippen LogP contribution in [-0.2, 0) is 17.6 Å². The second kappa shape index (κ2) is 10.7. The van der Waals surface area contributed by atoms with Gasteiger partial charge in [0.2, 0.25) is 5.43 Å². The van der Waals surface area contributed by atoms with E-state index in [0.29, 0.717) is 46.0 Å². The lowest BCUT2D eigenvalue weighted by Gasteiger charge is -2.26. The molecular formula is C35H28O7. The highest BCUT2D eigenvalue weighted by Crippen LogP contribution is 2.44.